The Hall–Kier alpha value is -2.99. The molecule has 0 radical (unpaired) electrons. The van der Waals surface area contributed by atoms with Crippen LogP contribution in [-0.2, 0) is 13.0 Å². The molecular formula is C20H22N4O2. The highest BCUT2D eigenvalue weighted by Crippen LogP contribution is 2.16. The zero-order chi connectivity index (χ0) is 18.2. The third-order valence-corrected chi connectivity index (χ3v) is 3.89. The van der Waals surface area contributed by atoms with Crippen LogP contribution in [0.1, 0.15) is 29.8 Å². The molecule has 1 aromatic carbocycles. The maximum absolute atomic E-state index is 5.75. The van der Waals surface area contributed by atoms with Crippen LogP contribution in [0.3, 0.4) is 0 Å². The quantitative estimate of drug-likeness (QED) is 0.671. The molecule has 0 spiro atoms. The lowest BCUT2D eigenvalue weighted by atomic mass is 10.2. The van der Waals surface area contributed by atoms with Crippen LogP contribution in [0.4, 0.5) is 0 Å². The normalized spacial score (nSPS) is 12.4. The molecule has 0 aliphatic heterocycles. The average molecular weight is 350 g/mol. The lowest BCUT2D eigenvalue weighted by Crippen LogP contribution is -2.24. The van der Waals surface area contributed by atoms with Crippen LogP contribution >= 0.6 is 0 Å². The van der Waals surface area contributed by atoms with Crippen LogP contribution in [0, 0.1) is 0 Å². The Labute approximate surface area is 152 Å². The van der Waals surface area contributed by atoms with E-state index in [-0.39, 0.29) is 0 Å². The SMILES string of the molecule is CNC(C)Cc1noc(/C=C/c2ccc(OCc3cccnc3)cc2)n1. The smallest absolute Gasteiger partial charge is 0.250 e. The van der Waals surface area contributed by atoms with E-state index in [4.69, 9.17) is 9.26 Å². The second-order valence-electron chi connectivity index (χ2n) is 6.00. The van der Waals surface area contributed by atoms with Crippen molar-refractivity contribution in [3.8, 4) is 5.75 Å². The monoisotopic (exact) mass is 350 g/mol. The first kappa shape index (κ1) is 17.8. The fraction of sp³-hybridized carbons (Fsp3) is 0.250. The van der Waals surface area contributed by atoms with E-state index >= 15 is 0 Å². The summed E-state index contributed by atoms with van der Waals surface area (Å²) in [7, 11) is 1.91. The molecule has 1 unspecified atom stereocenters. The number of aromatic nitrogens is 3. The van der Waals surface area contributed by atoms with Gasteiger partial charge >= 0.3 is 0 Å². The summed E-state index contributed by atoms with van der Waals surface area (Å²) in [5.41, 5.74) is 2.07. The number of nitrogens with one attached hydrogen (secondary N) is 1. The van der Waals surface area contributed by atoms with Crippen molar-refractivity contribution in [2.45, 2.75) is 26.0 Å². The number of likely N-dealkylation sites (N-methyl/N-ethyl adjacent to an activating group) is 1. The number of rotatable bonds is 8. The molecule has 0 saturated carbocycles. The topological polar surface area (TPSA) is 73.1 Å². The van der Waals surface area contributed by atoms with Gasteiger partial charge in [0, 0.05) is 36.5 Å². The van der Waals surface area contributed by atoms with E-state index in [2.05, 4.69) is 27.4 Å². The highest BCUT2D eigenvalue weighted by Gasteiger charge is 2.07. The predicted octanol–water partition coefficient (Wildman–Crippen LogP) is 3.36. The molecule has 6 nitrogen and oxygen atoms in total. The molecule has 26 heavy (non-hydrogen) atoms. The number of ether oxygens (including phenoxy) is 1. The summed E-state index contributed by atoms with van der Waals surface area (Å²) in [4.78, 5) is 8.43. The highest BCUT2D eigenvalue weighted by atomic mass is 16.5. The van der Waals surface area contributed by atoms with Gasteiger partial charge in [-0.2, -0.15) is 4.98 Å². The Morgan fingerprint density at radius 2 is 2.04 bits per heavy atom. The van der Waals surface area contributed by atoms with Crippen molar-refractivity contribution < 1.29 is 9.26 Å². The van der Waals surface area contributed by atoms with Crippen LogP contribution in [0.5, 0.6) is 5.75 Å². The van der Waals surface area contributed by atoms with Gasteiger partial charge < -0.3 is 14.6 Å². The van der Waals surface area contributed by atoms with Crippen LogP contribution in [-0.4, -0.2) is 28.2 Å². The Morgan fingerprint density at radius 1 is 1.19 bits per heavy atom. The molecule has 0 saturated heterocycles. The minimum Gasteiger partial charge on any atom is -0.489 e. The zero-order valence-electron chi connectivity index (χ0n) is 14.9. The Kier molecular flexibility index (Phi) is 6.11. The lowest BCUT2D eigenvalue weighted by Gasteiger charge is -2.05. The van der Waals surface area contributed by atoms with Crippen LogP contribution in [0.25, 0.3) is 12.2 Å². The lowest BCUT2D eigenvalue weighted by molar-refractivity contribution is 0.306. The maximum atomic E-state index is 5.75. The molecule has 6 heteroatoms. The van der Waals surface area contributed by atoms with Gasteiger partial charge in [-0.05, 0) is 43.8 Å². The molecule has 2 aromatic heterocycles. The molecule has 1 N–H and O–H groups in total. The van der Waals surface area contributed by atoms with Gasteiger partial charge in [-0.1, -0.05) is 23.4 Å². The fourth-order valence-electron chi connectivity index (χ4n) is 2.29. The fourth-order valence-corrected chi connectivity index (χ4v) is 2.29. The first-order chi connectivity index (χ1) is 12.7. The first-order valence-electron chi connectivity index (χ1n) is 8.52. The summed E-state index contributed by atoms with van der Waals surface area (Å²) in [6.07, 6.45) is 8.03. The van der Waals surface area contributed by atoms with E-state index in [1.807, 2.05) is 55.6 Å². The van der Waals surface area contributed by atoms with Gasteiger partial charge in [0.2, 0.25) is 0 Å². The Morgan fingerprint density at radius 3 is 2.77 bits per heavy atom. The molecule has 0 amide bonds. The van der Waals surface area contributed by atoms with Gasteiger partial charge in [0.15, 0.2) is 5.82 Å². The van der Waals surface area contributed by atoms with Gasteiger partial charge in [0.05, 0.1) is 0 Å². The summed E-state index contributed by atoms with van der Waals surface area (Å²) in [5.74, 6) is 2.01. The van der Waals surface area contributed by atoms with E-state index in [1.165, 1.54) is 0 Å². The first-order valence-corrected chi connectivity index (χ1v) is 8.52. The van der Waals surface area contributed by atoms with Gasteiger partial charge in [-0.25, -0.2) is 0 Å². The third-order valence-electron chi connectivity index (χ3n) is 3.89. The Balaban J connectivity index is 1.54. The molecule has 0 fully saturated rings. The number of benzene rings is 1. The van der Waals surface area contributed by atoms with E-state index in [0.717, 1.165) is 23.3 Å². The van der Waals surface area contributed by atoms with Crippen molar-refractivity contribution >= 4 is 12.2 Å². The molecule has 3 aromatic rings. The number of pyridine rings is 1. The van der Waals surface area contributed by atoms with Crippen LogP contribution < -0.4 is 10.1 Å². The molecular weight excluding hydrogens is 328 g/mol. The summed E-state index contributed by atoms with van der Waals surface area (Å²) in [6, 6.07) is 12.0. The van der Waals surface area contributed by atoms with Gasteiger partial charge in [0.1, 0.15) is 12.4 Å². The highest BCUT2D eigenvalue weighted by molar-refractivity contribution is 5.66. The molecule has 2 heterocycles. The summed E-state index contributed by atoms with van der Waals surface area (Å²) >= 11 is 0. The van der Waals surface area contributed by atoms with Crippen molar-refractivity contribution in [1.29, 1.82) is 0 Å². The number of hydrogen-bond acceptors (Lipinski definition) is 6. The second-order valence-corrected chi connectivity index (χ2v) is 6.00. The van der Waals surface area contributed by atoms with Crippen molar-refractivity contribution in [3.05, 3.63) is 71.6 Å². The molecule has 3 rings (SSSR count). The number of hydrogen-bond donors (Lipinski definition) is 1. The second kappa shape index (κ2) is 8.92. The molecule has 134 valence electrons. The zero-order valence-corrected chi connectivity index (χ0v) is 14.9. The maximum Gasteiger partial charge on any atom is 0.250 e. The molecule has 0 aliphatic rings. The van der Waals surface area contributed by atoms with E-state index in [1.54, 1.807) is 12.4 Å². The molecule has 0 aliphatic carbocycles. The third kappa shape index (κ3) is 5.26. The van der Waals surface area contributed by atoms with Gasteiger partial charge in [0.25, 0.3) is 5.89 Å². The van der Waals surface area contributed by atoms with Gasteiger partial charge in [-0.3, -0.25) is 4.98 Å². The predicted molar refractivity (Wildman–Crippen MR) is 100 cm³/mol. The van der Waals surface area contributed by atoms with Gasteiger partial charge in [-0.15, -0.1) is 0 Å². The average Bonchev–Trinajstić information content (AvgIpc) is 3.13. The van der Waals surface area contributed by atoms with E-state index < -0.39 is 0 Å². The number of nitrogens with zero attached hydrogens (tertiary/aromatic N) is 3. The summed E-state index contributed by atoms with van der Waals surface area (Å²) in [5, 5.41) is 7.13. The minimum atomic E-state index is 0.309. The largest absolute Gasteiger partial charge is 0.489 e. The summed E-state index contributed by atoms with van der Waals surface area (Å²) in [6.45, 7) is 2.57. The van der Waals surface area contributed by atoms with Crippen molar-refractivity contribution in [2.75, 3.05) is 7.05 Å². The molecule has 0 bridgehead atoms. The van der Waals surface area contributed by atoms with E-state index in [9.17, 15) is 0 Å². The minimum absolute atomic E-state index is 0.309. The van der Waals surface area contributed by atoms with Crippen LogP contribution in [0.15, 0.2) is 53.3 Å². The van der Waals surface area contributed by atoms with Crippen molar-refractivity contribution in [3.63, 3.8) is 0 Å². The Bertz CT molecular complexity index is 829. The van der Waals surface area contributed by atoms with Crippen molar-refractivity contribution in [1.82, 2.24) is 20.4 Å². The van der Waals surface area contributed by atoms with Crippen molar-refractivity contribution in [2.24, 2.45) is 0 Å². The van der Waals surface area contributed by atoms with Crippen LogP contribution in [0.2, 0.25) is 0 Å². The van der Waals surface area contributed by atoms with E-state index in [0.29, 0.717) is 24.4 Å². The standard InChI is InChI=1S/C20H22N4O2/c1-15(21-2)12-19-23-20(26-24-19)10-7-16-5-8-18(9-6-16)25-14-17-4-3-11-22-13-17/h3-11,13,15,21H,12,14H2,1-2H3/b10-7+. The summed E-state index contributed by atoms with van der Waals surface area (Å²) < 4.78 is 11.0. The molecule has 1 atom stereocenters.